The number of benzene rings is 1. The van der Waals surface area contributed by atoms with Crippen LogP contribution in [0.5, 0.6) is 0 Å². The van der Waals surface area contributed by atoms with E-state index in [1.807, 2.05) is 18.2 Å². The van der Waals surface area contributed by atoms with E-state index in [1.54, 1.807) is 17.0 Å². The lowest BCUT2D eigenvalue weighted by molar-refractivity contribution is -0.120. The van der Waals surface area contributed by atoms with Crippen molar-refractivity contribution >= 4 is 16.7 Å². The summed E-state index contributed by atoms with van der Waals surface area (Å²) in [5, 5.41) is 0.641. The molecule has 19 heavy (non-hydrogen) atoms. The number of hydrogen-bond acceptors (Lipinski definition) is 3. The Morgan fingerprint density at radius 2 is 2.11 bits per heavy atom. The molecule has 0 radical (unpaired) electrons. The minimum absolute atomic E-state index is 0.0176. The van der Waals surface area contributed by atoms with Crippen molar-refractivity contribution in [3.05, 3.63) is 40.9 Å². The Labute approximate surface area is 111 Å². The first kappa shape index (κ1) is 12.1. The SMILES string of the molecule is O=C1CCCC1CCn1cnc2ccccc2c1=O. The first-order chi connectivity index (χ1) is 9.25. The second kappa shape index (κ2) is 4.96. The molecule has 1 aliphatic carbocycles. The van der Waals surface area contributed by atoms with Gasteiger partial charge in [0.1, 0.15) is 5.78 Å². The molecule has 1 fully saturated rings. The van der Waals surface area contributed by atoms with Crippen LogP contribution in [-0.2, 0) is 11.3 Å². The second-order valence-electron chi connectivity index (χ2n) is 5.10. The number of fused-ring (bicyclic) bond motifs is 1. The monoisotopic (exact) mass is 256 g/mol. The maximum absolute atomic E-state index is 12.3. The predicted octanol–water partition coefficient (Wildman–Crippen LogP) is 2.16. The van der Waals surface area contributed by atoms with Crippen LogP contribution in [0.15, 0.2) is 35.4 Å². The summed E-state index contributed by atoms with van der Waals surface area (Å²) in [6.07, 6.45) is 5.00. The number of Topliss-reactive ketones (excluding diaryl/α,β-unsaturated/α-hetero) is 1. The second-order valence-corrected chi connectivity index (χ2v) is 5.10. The fourth-order valence-corrected chi connectivity index (χ4v) is 2.75. The van der Waals surface area contributed by atoms with Crippen molar-refractivity contribution in [1.82, 2.24) is 9.55 Å². The quantitative estimate of drug-likeness (QED) is 0.845. The standard InChI is InChI=1S/C15H16N2O2/c18-14-7-3-4-11(14)8-9-17-10-16-13-6-2-1-5-12(13)15(17)19/h1-2,5-6,10-11H,3-4,7-9H2. The van der Waals surface area contributed by atoms with Gasteiger partial charge in [-0.2, -0.15) is 0 Å². The maximum atomic E-state index is 12.3. The van der Waals surface area contributed by atoms with E-state index < -0.39 is 0 Å². The molecule has 0 spiro atoms. The summed E-state index contributed by atoms with van der Waals surface area (Å²) in [5.74, 6) is 0.486. The Bertz CT molecular complexity index is 675. The van der Waals surface area contributed by atoms with Gasteiger partial charge in [-0.25, -0.2) is 4.98 Å². The number of carbonyl (C=O) groups excluding carboxylic acids is 1. The van der Waals surface area contributed by atoms with Crippen molar-refractivity contribution < 1.29 is 4.79 Å². The summed E-state index contributed by atoms with van der Waals surface area (Å²) in [6.45, 7) is 0.576. The Morgan fingerprint density at radius 1 is 1.26 bits per heavy atom. The van der Waals surface area contributed by atoms with Gasteiger partial charge in [0.2, 0.25) is 0 Å². The largest absolute Gasteiger partial charge is 0.299 e. The average molecular weight is 256 g/mol. The van der Waals surface area contributed by atoms with Crippen LogP contribution in [0.1, 0.15) is 25.7 Å². The molecule has 1 atom stereocenters. The normalized spacial score (nSPS) is 19.2. The molecule has 2 aromatic rings. The topological polar surface area (TPSA) is 52.0 Å². The lowest BCUT2D eigenvalue weighted by atomic mass is 10.0. The molecule has 1 saturated carbocycles. The molecule has 0 bridgehead atoms. The number of hydrogen-bond donors (Lipinski definition) is 0. The fraction of sp³-hybridized carbons (Fsp3) is 0.400. The van der Waals surface area contributed by atoms with Crippen LogP contribution in [0.3, 0.4) is 0 Å². The molecule has 0 N–H and O–H groups in total. The third-order valence-corrected chi connectivity index (χ3v) is 3.88. The van der Waals surface area contributed by atoms with Crippen LogP contribution in [0.2, 0.25) is 0 Å². The average Bonchev–Trinajstić information content (AvgIpc) is 2.84. The Kier molecular flexibility index (Phi) is 3.15. The zero-order valence-electron chi connectivity index (χ0n) is 10.7. The van der Waals surface area contributed by atoms with E-state index in [4.69, 9.17) is 0 Å². The van der Waals surface area contributed by atoms with Gasteiger partial charge in [-0.15, -0.1) is 0 Å². The highest BCUT2D eigenvalue weighted by atomic mass is 16.1. The van der Waals surface area contributed by atoms with Crippen LogP contribution in [-0.4, -0.2) is 15.3 Å². The molecule has 1 aromatic carbocycles. The number of para-hydroxylation sites is 1. The Morgan fingerprint density at radius 3 is 2.89 bits per heavy atom. The van der Waals surface area contributed by atoms with E-state index in [1.165, 1.54) is 0 Å². The minimum Gasteiger partial charge on any atom is -0.299 e. The van der Waals surface area contributed by atoms with Crippen molar-refractivity contribution in [2.45, 2.75) is 32.2 Å². The Balaban J connectivity index is 1.83. The van der Waals surface area contributed by atoms with Crippen LogP contribution in [0.25, 0.3) is 10.9 Å². The van der Waals surface area contributed by atoms with Gasteiger partial charge in [0.15, 0.2) is 0 Å². The van der Waals surface area contributed by atoms with E-state index in [0.29, 0.717) is 24.1 Å². The van der Waals surface area contributed by atoms with Gasteiger partial charge in [0.25, 0.3) is 5.56 Å². The molecule has 0 amide bonds. The summed E-state index contributed by atoms with van der Waals surface area (Å²) in [5.41, 5.74) is 0.705. The number of carbonyl (C=O) groups is 1. The van der Waals surface area contributed by atoms with E-state index in [9.17, 15) is 9.59 Å². The maximum Gasteiger partial charge on any atom is 0.261 e. The predicted molar refractivity (Wildman–Crippen MR) is 73.0 cm³/mol. The summed E-state index contributed by atoms with van der Waals surface area (Å²) in [6, 6.07) is 7.34. The van der Waals surface area contributed by atoms with Crippen molar-refractivity contribution in [3.8, 4) is 0 Å². The smallest absolute Gasteiger partial charge is 0.261 e. The molecular formula is C15H16N2O2. The highest BCUT2D eigenvalue weighted by molar-refractivity contribution is 5.82. The molecule has 1 aromatic heterocycles. The molecule has 4 heteroatoms. The fourth-order valence-electron chi connectivity index (χ4n) is 2.75. The number of aromatic nitrogens is 2. The lowest BCUT2D eigenvalue weighted by Gasteiger charge is -2.10. The zero-order valence-corrected chi connectivity index (χ0v) is 10.7. The van der Waals surface area contributed by atoms with Gasteiger partial charge in [0.05, 0.1) is 17.2 Å². The number of aryl methyl sites for hydroxylation is 1. The highest BCUT2D eigenvalue weighted by Gasteiger charge is 2.23. The highest BCUT2D eigenvalue weighted by Crippen LogP contribution is 2.24. The first-order valence-electron chi connectivity index (χ1n) is 6.72. The third-order valence-electron chi connectivity index (χ3n) is 3.88. The van der Waals surface area contributed by atoms with Gasteiger partial charge in [-0.1, -0.05) is 12.1 Å². The molecule has 1 heterocycles. The van der Waals surface area contributed by atoms with Crippen LogP contribution in [0, 0.1) is 5.92 Å². The third kappa shape index (κ3) is 2.30. The van der Waals surface area contributed by atoms with Gasteiger partial charge < -0.3 is 0 Å². The molecule has 4 nitrogen and oxygen atoms in total. The summed E-state index contributed by atoms with van der Waals surface area (Å²) in [4.78, 5) is 28.1. The van der Waals surface area contributed by atoms with Gasteiger partial charge >= 0.3 is 0 Å². The molecular weight excluding hydrogens is 240 g/mol. The number of ketones is 1. The van der Waals surface area contributed by atoms with E-state index in [-0.39, 0.29) is 11.5 Å². The Hall–Kier alpha value is -1.97. The van der Waals surface area contributed by atoms with Crippen LogP contribution < -0.4 is 5.56 Å². The van der Waals surface area contributed by atoms with Crippen LogP contribution >= 0.6 is 0 Å². The van der Waals surface area contributed by atoms with Crippen molar-refractivity contribution in [2.24, 2.45) is 5.92 Å². The molecule has 3 rings (SSSR count). The minimum atomic E-state index is -0.0176. The van der Waals surface area contributed by atoms with E-state index in [2.05, 4.69) is 4.98 Å². The lowest BCUT2D eigenvalue weighted by Crippen LogP contribution is -2.22. The van der Waals surface area contributed by atoms with Crippen molar-refractivity contribution in [2.75, 3.05) is 0 Å². The molecule has 1 aliphatic rings. The van der Waals surface area contributed by atoms with Gasteiger partial charge in [0, 0.05) is 18.9 Å². The first-order valence-corrected chi connectivity index (χ1v) is 6.72. The van der Waals surface area contributed by atoms with Crippen molar-refractivity contribution in [1.29, 1.82) is 0 Å². The number of nitrogens with zero attached hydrogens (tertiary/aromatic N) is 2. The van der Waals surface area contributed by atoms with E-state index >= 15 is 0 Å². The summed E-state index contributed by atoms with van der Waals surface area (Å²) in [7, 11) is 0. The molecule has 1 unspecified atom stereocenters. The molecule has 98 valence electrons. The summed E-state index contributed by atoms with van der Waals surface area (Å²) >= 11 is 0. The number of rotatable bonds is 3. The summed E-state index contributed by atoms with van der Waals surface area (Å²) < 4.78 is 1.62. The van der Waals surface area contributed by atoms with E-state index in [0.717, 1.165) is 24.8 Å². The van der Waals surface area contributed by atoms with Crippen molar-refractivity contribution in [3.63, 3.8) is 0 Å². The van der Waals surface area contributed by atoms with Gasteiger partial charge in [-0.05, 0) is 31.4 Å². The van der Waals surface area contributed by atoms with Crippen LogP contribution in [0.4, 0.5) is 0 Å². The molecule has 0 aliphatic heterocycles. The zero-order chi connectivity index (χ0) is 13.2. The van der Waals surface area contributed by atoms with Gasteiger partial charge in [-0.3, -0.25) is 14.2 Å². The molecule has 0 saturated heterocycles.